The van der Waals surface area contributed by atoms with Crippen molar-refractivity contribution < 1.29 is 14.5 Å². The number of anilines is 1. The number of ether oxygens (including phenoxy) is 1. The monoisotopic (exact) mass is 471 g/mol. The van der Waals surface area contributed by atoms with Crippen LogP contribution in [0.1, 0.15) is 33.9 Å². The Morgan fingerprint density at radius 3 is 2.94 bits per heavy atom. The third kappa shape index (κ3) is 3.47. The summed E-state index contributed by atoms with van der Waals surface area (Å²) in [6.45, 7) is 1.26. The Hall–Kier alpha value is -3.91. The summed E-state index contributed by atoms with van der Waals surface area (Å²) in [6.07, 6.45) is 4.84. The second-order valence-electron chi connectivity index (χ2n) is 8.49. The molecule has 2 aromatic carbocycles. The van der Waals surface area contributed by atoms with Gasteiger partial charge in [-0.15, -0.1) is 0 Å². The van der Waals surface area contributed by atoms with Gasteiger partial charge in [-0.05, 0) is 54.0 Å². The summed E-state index contributed by atoms with van der Waals surface area (Å²) in [5.41, 5.74) is 6.40. The minimum absolute atomic E-state index is 0.0593. The van der Waals surface area contributed by atoms with E-state index in [1.165, 1.54) is 17.7 Å². The summed E-state index contributed by atoms with van der Waals surface area (Å²) in [7, 11) is 0. The SMILES string of the molecule is O=C(/C=C/c1ccc([N+](=O)[O-])s1)N1CCC2C(=C1c1ccc3c(c1)CCO3)Nc1ccccc12. The molecule has 170 valence electrons. The minimum Gasteiger partial charge on any atom is -0.493 e. The lowest BCUT2D eigenvalue weighted by Gasteiger charge is -2.34. The lowest BCUT2D eigenvalue weighted by Crippen LogP contribution is -2.35. The largest absolute Gasteiger partial charge is 0.493 e. The Balaban J connectivity index is 1.39. The van der Waals surface area contributed by atoms with Crippen LogP contribution >= 0.6 is 11.3 Å². The second kappa shape index (κ2) is 8.14. The van der Waals surface area contributed by atoms with Crippen LogP contribution in [-0.4, -0.2) is 28.9 Å². The zero-order valence-electron chi connectivity index (χ0n) is 18.2. The van der Waals surface area contributed by atoms with Crippen LogP contribution in [0.3, 0.4) is 0 Å². The van der Waals surface area contributed by atoms with Gasteiger partial charge in [0.15, 0.2) is 0 Å². The zero-order chi connectivity index (χ0) is 23.2. The molecule has 7 nitrogen and oxygen atoms in total. The van der Waals surface area contributed by atoms with E-state index in [0.29, 0.717) is 18.0 Å². The number of hydrogen-bond donors (Lipinski definition) is 1. The molecule has 0 spiro atoms. The molecule has 1 N–H and O–H groups in total. The molecular weight excluding hydrogens is 450 g/mol. The molecule has 0 fully saturated rings. The molecule has 1 atom stereocenters. The summed E-state index contributed by atoms with van der Waals surface area (Å²) in [5.74, 6) is 0.969. The van der Waals surface area contributed by atoms with Crippen molar-refractivity contribution in [3.63, 3.8) is 0 Å². The molecule has 0 saturated heterocycles. The molecule has 1 amide bonds. The fraction of sp³-hybridized carbons (Fsp3) is 0.192. The first kappa shape index (κ1) is 20.7. The van der Waals surface area contributed by atoms with Crippen molar-refractivity contribution >= 4 is 39.7 Å². The van der Waals surface area contributed by atoms with E-state index in [-0.39, 0.29) is 16.8 Å². The van der Waals surface area contributed by atoms with Crippen molar-refractivity contribution in [1.82, 2.24) is 4.90 Å². The second-order valence-corrected chi connectivity index (χ2v) is 9.59. The van der Waals surface area contributed by atoms with Crippen LogP contribution in [0.15, 0.2) is 66.4 Å². The molecule has 3 aliphatic heterocycles. The van der Waals surface area contributed by atoms with E-state index in [9.17, 15) is 14.9 Å². The standard InChI is InChI=1S/C26H21N3O4S/c30-23(9-6-18-7-10-24(34-18)29(31)32)28-13-11-20-19-3-1-2-4-21(19)27-25(20)26(28)17-5-8-22-16(15-17)12-14-33-22/h1-10,15,20,27H,11-14H2/b9-6+. The van der Waals surface area contributed by atoms with E-state index in [4.69, 9.17) is 4.74 Å². The number of allylic oxidation sites excluding steroid dienone is 1. The first-order chi connectivity index (χ1) is 16.6. The number of nitrogens with zero attached hydrogens (tertiary/aromatic N) is 2. The molecule has 0 aliphatic carbocycles. The van der Waals surface area contributed by atoms with Crippen LogP contribution in [0.4, 0.5) is 10.7 Å². The topological polar surface area (TPSA) is 84.7 Å². The number of para-hydroxylation sites is 1. The lowest BCUT2D eigenvalue weighted by atomic mass is 9.88. The van der Waals surface area contributed by atoms with Gasteiger partial charge in [-0.2, -0.15) is 0 Å². The molecule has 34 heavy (non-hydrogen) atoms. The number of thiophene rings is 1. The minimum atomic E-state index is -0.419. The van der Waals surface area contributed by atoms with E-state index in [1.54, 1.807) is 12.1 Å². The first-order valence-electron chi connectivity index (χ1n) is 11.2. The van der Waals surface area contributed by atoms with Crippen molar-refractivity contribution in [3.8, 4) is 5.75 Å². The number of amides is 1. The van der Waals surface area contributed by atoms with Crippen LogP contribution in [0.2, 0.25) is 0 Å². The maximum absolute atomic E-state index is 13.4. The molecule has 6 rings (SSSR count). The van der Waals surface area contributed by atoms with Gasteiger partial charge >= 0.3 is 5.00 Å². The average Bonchev–Trinajstić information content (AvgIpc) is 3.59. The summed E-state index contributed by atoms with van der Waals surface area (Å²) < 4.78 is 5.69. The summed E-state index contributed by atoms with van der Waals surface area (Å²) in [6, 6.07) is 17.5. The Labute approximate surface area is 200 Å². The Morgan fingerprint density at radius 2 is 2.09 bits per heavy atom. The van der Waals surface area contributed by atoms with E-state index in [2.05, 4.69) is 29.6 Å². The maximum Gasteiger partial charge on any atom is 0.324 e. The number of benzene rings is 2. The average molecular weight is 472 g/mol. The predicted molar refractivity (Wildman–Crippen MR) is 132 cm³/mol. The summed E-state index contributed by atoms with van der Waals surface area (Å²) in [4.78, 5) is 26.5. The highest BCUT2D eigenvalue weighted by Gasteiger charge is 2.37. The summed E-state index contributed by atoms with van der Waals surface area (Å²) in [5, 5.41) is 14.6. The molecule has 0 bridgehead atoms. The van der Waals surface area contributed by atoms with Crippen LogP contribution in [-0.2, 0) is 11.2 Å². The number of carbonyl (C=O) groups excluding carboxylic acids is 1. The molecular formula is C26H21N3O4S. The number of nitrogens with one attached hydrogen (secondary N) is 1. The van der Waals surface area contributed by atoms with Gasteiger partial charge in [-0.3, -0.25) is 14.9 Å². The molecule has 4 heterocycles. The number of nitro groups is 1. The lowest BCUT2D eigenvalue weighted by molar-refractivity contribution is -0.380. The number of fused-ring (bicyclic) bond motifs is 4. The van der Waals surface area contributed by atoms with Crippen LogP contribution in [0.25, 0.3) is 11.8 Å². The van der Waals surface area contributed by atoms with Crippen molar-refractivity contribution in [2.24, 2.45) is 0 Å². The van der Waals surface area contributed by atoms with Gasteiger partial charge in [0.1, 0.15) is 5.75 Å². The van der Waals surface area contributed by atoms with Crippen molar-refractivity contribution in [1.29, 1.82) is 0 Å². The van der Waals surface area contributed by atoms with Gasteiger partial charge in [0.05, 0.1) is 17.2 Å². The molecule has 1 unspecified atom stereocenters. The molecule has 8 heteroatoms. The van der Waals surface area contributed by atoms with Crippen molar-refractivity contribution in [3.05, 3.63) is 98.1 Å². The van der Waals surface area contributed by atoms with Crippen molar-refractivity contribution in [2.45, 2.75) is 18.8 Å². The predicted octanol–water partition coefficient (Wildman–Crippen LogP) is 5.41. The fourth-order valence-electron chi connectivity index (χ4n) is 4.98. The Kier molecular flexibility index (Phi) is 4.95. The van der Waals surface area contributed by atoms with E-state index < -0.39 is 4.92 Å². The quantitative estimate of drug-likeness (QED) is 0.312. The van der Waals surface area contributed by atoms with E-state index >= 15 is 0 Å². The van der Waals surface area contributed by atoms with Gasteiger partial charge in [0, 0.05) is 52.9 Å². The molecule has 0 saturated carbocycles. The zero-order valence-corrected chi connectivity index (χ0v) is 19.0. The first-order valence-corrected chi connectivity index (χ1v) is 12.0. The molecule has 0 radical (unpaired) electrons. The molecule has 3 aromatic rings. The third-order valence-corrected chi connectivity index (χ3v) is 7.53. The highest BCUT2D eigenvalue weighted by Crippen LogP contribution is 2.47. The Morgan fingerprint density at radius 1 is 1.21 bits per heavy atom. The van der Waals surface area contributed by atoms with Gasteiger partial charge in [-0.1, -0.05) is 29.5 Å². The van der Waals surface area contributed by atoms with Crippen LogP contribution in [0.5, 0.6) is 5.75 Å². The highest BCUT2D eigenvalue weighted by molar-refractivity contribution is 7.16. The van der Waals surface area contributed by atoms with E-state index in [1.807, 2.05) is 23.1 Å². The van der Waals surface area contributed by atoms with Crippen molar-refractivity contribution in [2.75, 3.05) is 18.5 Å². The van der Waals surface area contributed by atoms with Crippen LogP contribution < -0.4 is 10.1 Å². The highest BCUT2D eigenvalue weighted by atomic mass is 32.1. The molecule has 1 aromatic heterocycles. The number of hydrogen-bond acceptors (Lipinski definition) is 6. The van der Waals surface area contributed by atoms with E-state index in [0.717, 1.165) is 58.1 Å². The molecule has 3 aliphatic rings. The van der Waals surface area contributed by atoms with Crippen LogP contribution in [0, 0.1) is 10.1 Å². The van der Waals surface area contributed by atoms with Gasteiger partial charge < -0.3 is 15.0 Å². The van der Waals surface area contributed by atoms with Gasteiger partial charge in [0.25, 0.3) is 5.91 Å². The van der Waals surface area contributed by atoms with Gasteiger partial charge in [0.2, 0.25) is 0 Å². The fourth-order valence-corrected chi connectivity index (χ4v) is 5.71. The third-order valence-electron chi connectivity index (χ3n) is 6.53. The number of rotatable bonds is 4. The normalized spacial score (nSPS) is 18.4. The Bertz CT molecular complexity index is 1390. The number of carbonyl (C=O) groups is 1. The summed E-state index contributed by atoms with van der Waals surface area (Å²) >= 11 is 1.05. The maximum atomic E-state index is 13.4. The smallest absolute Gasteiger partial charge is 0.324 e. The van der Waals surface area contributed by atoms with Gasteiger partial charge in [-0.25, -0.2) is 0 Å².